The van der Waals surface area contributed by atoms with Crippen molar-refractivity contribution >= 4 is 5.91 Å². The number of carbonyl (C=O) groups is 1. The number of nitrogens with zero attached hydrogens (tertiary/aromatic N) is 1. The van der Waals surface area contributed by atoms with Crippen LogP contribution in [0.1, 0.15) is 25.7 Å². The molecule has 0 spiro atoms. The van der Waals surface area contributed by atoms with Crippen LogP contribution in [0.25, 0.3) is 0 Å². The zero-order valence-electron chi connectivity index (χ0n) is 6.62. The first-order valence-electron chi connectivity index (χ1n) is 4.32. The molecule has 2 heterocycles. The SMILES string of the molecule is O=C1CCCC2CC=CCN12. The molecule has 60 valence electrons. The van der Waals surface area contributed by atoms with E-state index < -0.39 is 0 Å². The van der Waals surface area contributed by atoms with E-state index >= 15 is 0 Å². The number of piperidine rings is 1. The highest BCUT2D eigenvalue weighted by molar-refractivity contribution is 5.77. The van der Waals surface area contributed by atoms with Gasteiger partial charge in [-0.1, -0.05) is 12.2 Å². The van der Waals surface area contributed by atoms with Gasteiger partial charge in [0.2, 0.25) is 5.91 Å². The first-order chi connectivity index (χ1) is 5.38. The standard InChI is InChI=1S/C9H13NO/c11-9-6-3-5-8-4-1-2-7-10(8)9/h1-2,8H,3-7H2. The molecule has 2 aliphatic rings. The fourth-order valence-corrected chi connectivity index (χ4v) is 1.93. The van der Waals surface area contributed by atoms with Gasteiger partial charge in [-0.2, -0.15) is 0 Å². The first-order valence-corrected chi connectivity index (χ1v) is 4.32. The third-order valence-electron chi connectivity index (χ3n) is 2.57. The molecular formula is C9H13NO. The van der Waals surface area contributed by atoms with Gasteiger partial charge in [0.15, 0.2) is 0 Å². The van der Waals surface area contributed by atoms with Gasteiger partial charge in [-0.25, -0.2) is 0 Å². The van der Waals surface area contributed by atoms with Crippen LogP contribution in [0.5, 0.6) is 0 Å². The minimum Gasteiger partial charge on any atom is -0.336 e. The molecule has 1 amide bonds. The van der Waals surface area contributed by atoms with Crippen LogP contribution in [-0.2, 0) is 4.79 Å². The predicted octanol–water partition coefficient (Wildman–Crippen LogP) is 1.33. The Morgan fingerprint density at radius 2 is 2.36 bits per heavy atom. The van der Waals surface area contributed by atoms with Crippen molar-refractivity contribution in [2.45, 2.75) is 31.7 Å². The van der Waals surface area contributed by atoms with E-state index in [0.29, 0.717) is 11.9 Å². The van der Waals surface area contributed by atoms with Crippen molar-refractivity contribution in [3.05, 3.63) is 12.2 Å². The molecule has 0 N–H and O–H groups in total. The summed E-state index contributed by atoms with van der Waals surface area (Å²) in [6, 6.07) is 0.529. The Morgan fingerprint density at radius 3 is 3.18 bits per heavy atom. The van der Waals surface area contributed by atoms with Gasteiger partial charge in [0, 0.05) is 19.0 Å². The summed E-state index contributed by atoms with van der Waals surface area (Å²) >= 11 is 0. The van der Waals surface area contributed by atoms with Crippen LogP contribution in [0, 0.1) is 0 Å². The molecular weight excluding hydrogens is 138 g/mol. The number of hydrogen-bond acceptors (Lipinski definition) is 1. The minimum absolute atomic E-state index is 0.352. The Balaban J connectivity index is 2.13. The number of rotatable bonds is 0. The second-order valence-electron chi connectivity index (χ2n) is 3.30. The second kappa shape index (κ2) is 2.68. The summed E-state index contributed by atoms with van der Waals surface area (Å²) in [7, 11) is 0. The van der Waals surface area contributed by atoms with E-state index in [9.17, 15) is 4.79 Å². The summed E-state index contributed by atoms with van der Waals surface area (Å²) in [5, 5.41) is 0. The summed E-state index contributed by atoms with van der Waals surface area (Å²) < 4.78 is 0. The first kappa shape index (κ1) is 6.89. The fourth-order valence-electron chi connectivity index (χ4n) is 1.93. The third kappa shape index (κ3) is 1.17. The summed E-state index contributed by atoms with van der Waals surface area (Å²) in [5.74, 6) is 0.352. The zero-order valence-corrected chi connectivity index (χ0v) is 6.62. The van der Waals surface area contributed by atoms with Crippen LogP contribution in [0.4, 0.5) is 0 Å². The van der Waals surface area contributed by atoms with Crippen molar-refractivity contribution in [2.75, 3.05) is 6.54 Å². The molecule has 2 rings (SSSR count). The molecule has 2 nitrogen and oxygen atoms in total. The Bertz CT molecular complexity index is 198. The van der Waals surface area contributed by atoms with Gasteiger partial charge in [-0.05, 0) is 19.3 Å². The van der Waals surface area contributed by atoms with Crippen molar-refractivity contribution in [1.29, 1.82) is 0 Å². The van der Waals surface area contributed by atoms with Crippen LogP contribution >= 0.6 is 0 Å². The zero-order chi connectivity index (χ0) is 7.68. The largest absolute Gasteiger partial charge is 0.336 e. The van der Waals surface area contributed by atoms with Gasteiger partial charge in [0.25, 0.3) is 0 Å². The van der Waals surface area contributed by atoms with Gasteiger partial charge in [0.05, 0.1) is 0 Å². The molecule has 1 atom stereocenters. The molecule has 2 aliphatic heterocycles. The molecule has 1 unspecified atom stereocenters. The van der Waals surface area contributed by atoms with E-state index in [4.69, 9.17) is 0 Å². The van der Waals surface area contributed by atoms with E-state index in [1.54, 1.807) is 0 Å². The van der Waals surface area contributed by atoms with Crippen LogP contribution in [-0.4, -0.2) is 23.4 Å². The van der Waals surface area contributed by atoms with Gasteiger partial charge in [-0.15, -0.1) is 0 Å². The summed E-state index contributed by atoms with van der Waals surface area (Å²) in [4.78, 5) is 13.3. The normalized spacial score (nSPS) is 30.4. The molecule has 0 bridgehead atoms. The predicted molar refractivity (Wildman–Crippen MR) is 43.1 cm³/mol. The third-order valence-corrected chi connectivity index (χ3v) is 2.57. The van der Waals surface area contributed by atoms with E-state index in [0.717, 1.165) is 25.8 Å². The van der Waals surface area contributed by atoms with Gasteiger partial charge >= 0.3 is 0 Å². The average molecular weight is 151 g/mol. The molecule has 0 saturated carbocycles. The Kier molecular flexibility index (Phi) is 1.68. The highest BCUT2D eigenvalue weighted by Gasteiger charge is 2.27. The fraction of sp³-hybridized carbons (Fsp3) is 0.667. The lowest BCUT2D eigenvalue weighted by molar-refractivity contribution is -0.135. The molecule has 0 aromatic heterocycles. The molecule has 0 aromatic rings. The number of fused-ring (bicyclic) bond motifs is 1. The smallest absolute Gasteiger partial charge is 0.223 e. The molecule has 0 aromatic carbocycles. The van der Waals surface area contributed by atoms with E-state index in [1.165, 1.54) is 6.42 Å². The van der Waals surface area contributed by atoms with Gasteiger partial charge in [0.1, 0.15) is 0 Å². The molecule has 1 fully saturated rings. The lowest BCUT2D eigenvalue weighted by Crippen LogP contribution is -2.44. The molecule has 0 aliphatic carbocycles. The van der Waals surface area contributed by atoms with Gasteiger partial charge in [-0.3, -0.25) is 4.79 Å². The van der Waals surface area contributed by atoms with E-state index in [-0.39, 0.29) is 0 Å². The monoisotopic (exact) mass is 151 g/mol. The van der Waals surface area contributed by atoms with Crippen LogP contribution < -0.4 is 0 Å². The summed E-state index contributed by atoms with van der Waals surface area (Å²) in [6.07, 6.45) is 8.43. The lowest BCUT2D eigenvalue weighted by atomic mass is 9.96. The lowest BCUT2D eigenvalue weighted by Gasteiger charge is -2.36. The highest BCUT2D eigenvalue weighted by Crippen LogP contribution is 2.23. The Hall–Kier alpha value is -0.790. The highest BCUT2D eigenvalue weighted by atomic mass is 16.2. The quantitative estimate of drug-likeness (QED) is 0.478. The van der Waals surface area contributed by atoms with Crippen molar-refractivity contribution in [3.8, 4) is 0 Å². The van der Waals surface area contributed by atoms with Crippen LogP contribution in [0.3, 0.4) is 0 Å². The van der Waals surface area contributed by atoms with Crippen molar-refractivity contribution in [3.63, 3.8) is 0 Å². The number of hydrogen-bond donors (Lipinski definition) is 0. The Morgan fingerprint density at radius 1 is 1.45 bits per heavy atom. The maximum Gasteiger partial charge on any atom is 0.223 e. The number of amides is 1. The topological polar surface area (TPSA) is 20.3 Å². The van der Waals surface area contributed by atoms with Gasteiger partial charge < -0.3 is 4.90 Å². The van der Waals surface area contributed by atoms with Crippen LogP contribution in [0.2, 0.25) is 0 Å². The maximum atomic E-state index is 11.3. The maximum absolute atomic E-state index is 11.3. The molecule has 0 radical (unpaired) electrons. The number of carbonyl (C=O) groups excluding carboxylic acids is 1. The van der Waals surface area contributed by atoms with Crippen molar-refractivity contribution in [1.82, 2.24) is 4.90 Å². The molecule has 1 saturated heterocycles. The van der Waals surface area contributed by atoms with E-state index in [1.807, 2.05) is 4.90 Å². The average Bonchev–Trinajstić information content (AvgIpc) is 2.06. The molecule has 2 heteroatoms. The van der Waals surface area contributed by atoms with E-state index in [2.05, 4.69) is 12.2 Å². The van der Waals surface area contributed by atoms with Crippen molar-refractivity contribution < 1.29 is 4.79 Å². The second-order valence-corrected chi connectivity index (χ2v) is 3.30. The van der Waals surface area contributed by atoms with Crippen molar-refractivity contribution in [2.24, 2.45) is 0 Å². The van der Waals surface area contributed by atoms with Crippen LogP contribution in [0.15, 0.2) is 12.2 Å². The minimum atomic E-state index is 0.352. The molecule has 11 heavy (non-hydrogen) atoms. The Labute approximate surface area is 66.9 Å². The summed E-state index contributed by atoms with van der Waals surface area (Å²) in [5.41, 5.74) is 0. The summed E-state index contributed by atoms with van der Waals surface area (Å²) in [6.45, 7) is 0.851.